The van der Waals surface area contributed by atoms with Crippen LogP contribution < -0.4 is 5.32 Å². The maximum atomic E-state index is 12.2. The molecule has 1 amide bonds. The summed E-state index contributed by atoms with van der Waals surface area (Å²) < 4.78 is 12.6. The van der Waals surface area contributed by atoms with Crippen LogP contribution in [0, 0.1) is 6.92 Å². The number of carbonyl (C=O) groups excluding carboxylic acids is 1. The summed E-state index contributed by atoms with van der Waals surface area (Å²) >= 11 is 0. The van der Waals surface area contributed by atoms with Crippen LogP contribution in [-0.4, -0.2) is 32.0 Å². The zero-order valence-corrected chi connectivity index (χ0v) is 13.9. The van der Waals surface area contributed by atoms with E-state index in [4.69, 9.17) is 9.26 Å². The molecule has 0 saturated carbocycles. The predicted octanol–water partition coefficient (Wildman–Crippen LogP) is 1.74. The van der Waals surface area contributed by atoms with E-state index in [0.717, 1.165) is 36.4 Å². The average molecular weight is 341 g/mol. The summed E-state index contributed by atoms with van der Waals surface area (Å²) in [5, 5.41) is 6.71. The van der Waals surface area contributed by atoms with Gasteiger partial charge in [0.1, 0.15) is 11.8 Å². The lowest BCUT2D eigenvalue weighted by molar-refractivity contribution is -0.120. The number of pyridine rings is 1. The topological polar surface area (TPSA) is 94.5 Å². The van der Waals surface area contributed by atoms with Crippen molar-refractivity contribution in [2.45, 2.75) is 38.8 Å². The van der Waals surface area contributed by atoms with Crippen molar-refractivity contribution in [3.63, 3.8) is 0 Å². The summed E-state index contributed by atoms with van der Waals surface area (Å²) in [5.74, 6) is 0.818. The predicted molar refractivity (Wildman–Crippen MR) is 87.7 cm³/mol. The first-order chi connectivity index (χ1) is 12.2. The molecule has 3 aromatic rings. The standard InChI is InChI=1S/C17H19N5O3/c1-11-4-2-6-22-12(9-19-16(11)22)8-15(23)18-10-14-20-17(25-21-14)13-5-3-7-24-13/h2,4,6,9,13H,3,5,7-8,10H2,1H3,(H,18,23). The van der Waals surface area contributed by atoms with Crippen molar-refractivity contribution in [1.82, 2.24) is 24.8 Å². The van der Waals surface area contributed by atoms with Gasteiger partial charge in [-0.15, -0.1) is 0 Å². The molecule has 1 aliphatic rings. The van der Waals surface area contributed by atoms with Crippen LogP contribution in [0.1, 0.15) is 41.9 Å². The number of aromatic nitrogens is 4. The Morgan fingerprint density at radius 3 is 3.24 bits per heavy atom. The van der Waals surface area contributed by atoms with Gasteiger partial charge in [-0.3, -0.25) is 4.79 Å². The number of ether oxygens (including phenoxy) is 1. The molecule has 0 spiro atoms. The molecule has 1 atom stereocenters. The molecule has 8 nitrogen and oxygen atoms in total. The molecule has 25 heavy (non-hydrogen) atoms. The Morgan fingerprint density at radius 1 is 1.48 bits per heavy atom. The molecule has 0 radical (unpaired) electrons. The fraction of sp³-hybridized carbons (Fsp3) is 0.412. The van der Waals surface area contributed by atoms with E-state index < -0.39 is 0 Å². The number of rotatable bonds is 5. The zero-order valence-electron chi connectivity index (χ0n) is 13.9. The summed E-state index contributed by atoms with van der Waals surface area (Å²) in [7, 11) is 0. The lowest BCUT2D eigenvalue weighted by Gasteiger charge is -2.04. The molecule has 4 rings (SSSR count). The molecule has 1 fully saturated rings. The van der Waals surface area contributed by atoms with Crippen molar-refractivity contribution in [3.05, 3.63) is 47.5 Å². The summed E-state index contributed by atoms with van der Waals surface area (Å²) in [6.07, 6.45) is 5.65. The third kappa shape index (κ3) is 3.25. The molecule has 4 heterocycles. The lowest BCUT2D eigenvalue weighted by atomic mass is 10.2. The number of nitrogens with zero attached hydrogens (tertiary/aromatic N) is 4. The molecular formula is C17H19N5O3. The van der Waals surface area contributed by atoms with E-state index in [1.165, 1.54) is 0 Å². The van der Waals surface area contributed by atoms with Gasteiger partial charge in [0.25, 0.3) is 5.89 Å². The SMILES string of the molecule is Cc1cccn2c(CC(=O)NCc3noc(C4CCCO4)n3)cnc12. The highest BCUT2D eigenvalue weighted by atomic mass is 16.5. The van der Waals surface area contributed by atoms with Gasteiger partial charge < -0.3 is 19.0 Å². The van der Waals surface area contributed by atoms with Gasteiger partial charge in [0.15, 0.2) is 5.82 Å². The van der Waals surface area contributed by atoms with Gasteiger partial charge in [0, 0.05) is 19.0 Å². The molecule has 1 saturated heterocycles. The molecule has 0 aliphatic carbocycles. The minimum absolute atomic E-state index is 0.113. The van der Waals surface area contributed by atoms with Gasteiger partial charge in [-0.2, -0.15) is 4.98 Å². The van der Waals surface area contributed by atoms with Gasteiger partial charge in [0.2, 0.25) is 5.91 Å². The van der Waals surface area contributed by atoms with Crippen molar-refractivity contribution >= 4 is 11.6 Å². The fourth-order valence-corrected chi connectivity index (χ4v) is 2.98. The Morgan fingerprint density at radius 2 is 2.40 bits per heavy atom. The lowest BCUT2D eigenvalue weighted by Crippen LogP contribution is -2.25. The van der Waals surface area contributed by atoms with Gasteiger partial charge in [-0.25, -0.2) is 4.98 Å². The second-order valence-corrected chi connectivity index (χ2v) is 6.14. The molecule has 130 valence electrons. The van der Waals surface area contributed by atoms with Gasteiger partial charge in [0.05, 0.1) is 18.7 Å². The van der Waals surface area contributed by atoms with Crippen molar-refractivity contribution in [2.24, 2.45) is 0 Å². The highest BCUT2D eigenvalue weighted by Gasteiger charge is 2.23. The van der Waals surface area contributed by atoms with Crippen LogP contribution in [0.25, 0.3) is 5.65 Å². The Labute approximate surface area is 144 Å². The van der Waals surface area contributed by atoms with Crippen LogP contribution in [0.3, 0.4) is 0 Å². The van der Waals surface area contributed by atoms with E-state index in [9.17, 15) is 4.79 Å². The van der Waals surface area contributed by atoms with Gasteiger partial charge in [-0.05, 0) is 31.4 Å². The van der Waals surface area contributed by atoms with Crippen LogP contribution >= 0.6 is 0 Å². The van der Waals surface area contributed by atoms with E-state index in [-0.39, 0.29) is 25.0 Å². The molecule has 3 aromatic heterocycles. The Hall–Kier alpha value is -2.74. The van der Waals surface area contributed by atoms with Crippen molar-refractivity contribution in [3.8, 4) is 0 Å². The van der Waals surface area contributed by atoms with E-state index in [2.05, 4.69) is 20.4 Å². The van der Waals surface area contributed by atoms with Crippen molar-refractivity contribution < 1.29 is 14.1 Å². The van der Waals surface area contributed by atoms with Crippen LogP contribution in [0.2, 0.25) is 0 Å². The number of nitrogens with one attached hydrogen (secondary N) is 1. The first-order valence-electron chi connectivity index (χ1n) is 8.33. The number of amides is 1. The number of imidazole rings is 1. The molecule has 0 bridgehead atoms. The monoisotopic (exact) mass is 341 g/mol. The first-order valence-corrected chi connectivity index (χ1v) is 8.33. The maximum Gasteiger partial charge on any atom is 0.255 e. The van der Waals surface area contributed by atoms with E-state index in [0.29, 0.717) is 11.7 Å². The third-order valence-corrected chi connectivity index (χ3v) is 4.28. The van der Waals surface area contributed by atoms with Gasteiger partial charge >= 0.3 is 0 Å². The Bertz CT molecular complexity index is 895. The van der Waals surface area contributed by atoms with E-state index >= 15 is 0 Å². The molecule has 1 N–H and O–H groups in total. The quantitative estimate of drug-likeness (QED) is 0.759. The summed E-state index contributed by atoms with van der Waals surface area (Å²) in [4.78, 5) is 20.9. The highest BCUT2D eigenvalue weighted by molar-refractivity contribution is 5.78. The third-order valence-electron chi connectivity index (χ3n) is 4.28. The van der Waals surface area contributed by atoms with Crippen molar-refractivity contribution in [2.75, 3.05) is 6.61 Å². The zero-order chi connectivity index (χ0) is 17.2. The van der Waals surface area contributed by atoms with Crippen LogP contribution in [0.4, 0.5) is 0 Å². The number of aryl methyl sites for hydroxylation is 1. The number of hydrogen-bond acceptors (Lipinski definition) is 6. The minimum Gasteiger partial charge on any atom is -0.368 e. The Kier molecular flexibility index (Phi) is 4.19. The minimum atomic E-state index is -0.119. The molecule has 8 heteroatoms. The molecule has 0 aromatic carbocycles. The summed E-state index contributed by atoms with van der Waals surface area (Å²) in [6.45, 7) is 2.94. The summed E-state index contributed by atoms with van der Waals surface area (Å²) in [5.41, 5.74) is 2.77. The smallest absolute Gasteiger partial charge is 0.255 e. The van der Waals surface area contributed by atoms with Crippen LogP contribution in [-0.2, 0) is 22.5 Å². The average Bonchev–Trinajstić information content (AvgIpc) is 3.34. The molecule has 1 aliphatic heterocycles. The first kappa shape index (κ1) is 15.8. The highest BCUT2D eigenvalue weighted by Crippen LogP contribution is 2.26. The number of carbonyl (C=O) groups is 1. The largest absolute Gasteiger partial charge is 0.368 e. The van der Waals surface area contributed by atoms with Crippen molar-refractivity contribution in [1.29, 1.82) is 0 Å². The Balaban J connectivity index is 1.36. The number of hydrogen-bond donors (Lipinski definition) is 1. The molecular weight excluding hydrogens is 322 g/mol. The van der Waals surface area contributed by atoms with E-state index in [1.54, 1.807) is 6.20 Å². The number of fused-ring (bicyclic) bond motifs is 1. The fourth-order valence-electron chi connectivity index (χ4n) is 2.98. The molecule has 1 unspecified atom stereocenters. The maximum absolute atomic E-state index is 12.2. The second kappa shape index (κ2) is 6.64. The van der Waals surface area contributed by atoms with Gasteiger partial charge in [-0.1, -0.05) is 11.2 Å². The van der Waals surface area contributed by atoms with Crippen LogP contribution in [0.5, 0.6) is 0 Å². The normalized spacial score (nSPS) is 17.2. The second-order valence-electron chi connectivity index (χ2n) is 6.14. The van der Waals surface area contributed by atoms with Crippen LogP contribution in [0.15, 0.2) is 29.0 Å². The van der Waals surface area contributed by atoms with E-state index in [1.807, 2.05) is 29.7 Å². The summed E-state index contributed by atoms with van der Waals surface area (Å²) in [6, 6.07) is 3.94.